The smallest absolute Gasteiger partial charge is 0.261 e. The van der Waals surface area contributed by atoms with Gasteiger partial charge >= 0.3 is 0 Å². The third kappa shape index (κ3) is 2.35. The van der Waals surface area contributed by atoms with Gasteiger partial charge in [-0.05, 0) is 51.0 Å². The lowest BCUT2D eigenvalue weighted by Gasteiger charge is -2.09. The van der Waals surface area contributed by atoms with Crippen LogP contribution in [0.3, 0.4) is 0 Å². The number of amides is 1. The maximum absolute atomic E-state index is 12.6. The fraction of sp³-hybridized carbons (Fsp3) is 0.235. The van der Waals surface area contributed by atoms with Gasteiger partial charge in [-0.3, -0.25) is 4.79 Å². The summed E-state index contributed by atoms with van der Waals surface area (Å²) < 4.78 is 1.69. The number of carbonyl (C=O) groups excluding carboxylic acids is 1. The zero-order valence-electron chi connectivity index (χ0n) is 13.1. The highest BCUT2D eigenvalue weighted by Crippen LogP contribution is 2.20. The maximum Gasteiger partial charge on any atom is 0.261 e. The number of fused-ring (bicyclic) bond motifs is 1. The first-order chi connectivity index (χ1) is 10.5. The van der Waals surface area contributed by atoms with Crippen LogP contribution in [0.5, 0.6) is 0 Å². The molecule has 0 aliphatic heterocycles. The van der Waals surface area contributed by atoms with Crippen LogP contribution in [0.1, 0.15) is 32.9 Å². The Morgan fingerprint density at radius 1 is 1.18 bits per heavy atom. The minimum atomic E-state index is -0.193. The minimum absolute atomic E-state index is 0.193. The summed E-state index contributed by atoms with van der Waals surface area (Å²) in [6, 6.07) is 7.79. The van der Waals surface area contributed by atoms with Crippen molar-refractivity contribution in [3.05, 3.63) is 58.5 Å². The topological polar surface area (TPSA) is 59.3 Å². The molecule has 1 aromatic carbocycles. The van der Waals surface area contributed by atoms with Crippen LogP contribution in [0.4, 0.5) is 5.69 Å². The number of hydrogen-bond acceptors (Lipinski definition) is 3. The SMILES string of the molecule is Cc1cc(C)n2ncc(C(=O)Nc3cccc(C)c3C)c2n1. The number of benzene rings is 1. The van der Waals surface area contributed by atoms with Crippen LogP contribution in [-0.4, -0.2) is 20.5 Å². The molecule has 1 amide bonds. The van der Waals surface area contributed by atoms with E-state index in [1.165, 1.54) is 0 Å². The summed E-state index contributed by atoms with van der Waals surface area (Å²) >= 11 is 0. The molecule has 2 heterocycles. The van der Waals surface area contributed by atoms with E-state index in [9.17, 15) is 4.79 Å². The molecule has 0 aliphatic rings. The van der Waals surface area contributed by atoms with Gasteiger partial charge in [0.1, 0.15) is 5.56 Å². The first-order valence-corrected chi connectivity index (χ1v) is 7.17. The van der Waals surface area contributed by atoms with Crippen LogP contribution in [-0.2, 0) is 0 Å². The van der Waals surface area contributed by atoms with E-state index in [0.717, 1.165) is 28.2 Å². The Balaban J connectivity index is 2.01. The minimum Gasteiger partial charge on any atom is -0.322 e. The quantitative estimate of drug-likeness (QED) is 0.789. The van der Waals surface area contributed by atoms with Crippen molar-refractivity contribution in [2.75, 3.05) is 5.32 Å². The number of nitrogens with zero attached hydrogens (tertiary/aromatic N) is 3. The van der Waals surface area contributed by atoms with E-state index in [-0.39, 0.29) is 5.91 Å². The van der Waals surface area contributed by atoms with Gasteiger partial charge in [0.2, 0.25) is 0 Å². The highest BCUT2D eigenvalue weighted by atomic mass is 16.1. The summed E-state index contributed by atoms with van der Waals surface area (Å²) in [4.78, 5) is 17.0. The molecule has 5 heteroatoms. The number of hydrogen-bond donors (Lipinski definition) is 1. The van der Waals surface area contributed by atoms with Crippen LogP contribution in [0.25, 0.3) is 5.65 Å². The molecule has 0 aliphatic carbocycles. The van der Waals surface area contributed by atoms with Gasteiger partial charge < -0.3 is 5.32 Å². The Hall–Kier alpha value is -2.69. The van der Waals surface area contributed by atoms with Crippen molar-refractivity contribution in [3.8, 4) is 0 Å². The molecule has 1 N–H and O–H groups in total. The Kier molecular flexibility index (Phi) is 3.41. The molecule has 5 nitrogen and oxygen atoms in total. The Morgan fingerprint density at radius 2 is 1.95 bits per heavy atom. The molecule has 0 spiro atoms. The Morgan fingerprint density at radius 3 is 2.73 bits per heavy atom. The molecule has 3 rings (SSSR count). The van der Waals surface area contributed by atoms with Crippen LogP contribution in [0.15, 0.2) is 30.5 Å². The monoisotopic (exact) mass is 294 g/mol. The van der Waals surface area contributed by atoms with E-state index < -0.39 is 0 Å². The number of anilines is 1. The summed E-state index contributed by atoms with van der Waals surface area (Å²) in [6.07, 6.45) is 1.56. The number of aryl methyl sites for hydroxylation is 3. The molecule has 0 saturated carbocycles. The zero-order valence-corrected chi connectivity index (χ0v) is 13.1. The second-order valence-electron chi connectivity index (χ2n) is 5.53. The summed E-state index contributed by atoms with van der Waals surface area (Å²) in [5.41, 5.74) is 5.90. The molecular weight excluding hydrogens is 276 g/mol. The molecule has 0 unspecified atom stereocenters. The summed E-state index contributed by atoms with van der Waals surface area (Å²) in [7, 11) is 0. The second-order valence-corrected chi connectivity index (χ2v) is 5.53. The largest absolute Gasteiger partial charge is 0.322 e. The molecular formula is C17H18N4O. The Bertz CT molecular complexity index is 880. The van der Waals surface area contributed by atoms with Crippen molar-refractivity contribution < 1.29 is 4.79 Å². The van der Waals surface area contributed by atoms with Crippen molar-refractivity contribution in [3.63, 3.8) is 0 Å². The van der Waals surface area contributed by atoms with Gasteiger partial charge in [-0.1, -0.05) is 12.1 Å². The first kappa shape index (κ1) is 14.3. The van der Waals surface area contributed by atoms with E-state index in [1.807, 2.05) is 52.0 Å². The molecule has 0 fully saturated rings. The standard InChI is InChI=1S/C17H18N4O/c1-10-6-5-7-15(13(10)4)20-17(22)14-9-18-21-12(3)8-11(2)19-16(14)21/h5-9H,1-4H3,(H,20,22). The third-order valence-corrected chi connectivity index (χ3v) is 3.88. The number of rotatable bonds is 2. The van der Waals surface area contributed by atoms with Crippen molar-refractivity contribution >= 4 is 17.2 Å². The van der Waals surface area contributed by atoms with Gasteiger partial charge in [-0.15, -0.1) is 0 Å². The molecule has 0 atom stereocenters. The van der Waals surface area contributed by atoms with Gasteiger partial charge in [-0.25, -0.2) is 9.50 Å². The molecule has 0 saturated heterocycles. The molecule has 22 heavy (non-hydrogen) atoms. The maximum atomic E-state index is 12.6. The average Bonchev–Trinajstić information content (AvgIpc) is 2.88. The zero-order chi connectivity index (χ0) is 15.9. The normalized spacial score (nSPS) is 10.9. The number of aromatic nitrogens is 3. The van der Waals surface area contributed by atoms with E-state index in [0.29, 0.717) is 11.2 Å². The van der Waals surface area contributed by atoms with Crippen molar-refractivity contribution in [1.82, 2.24) is 14.6 Å². The van der Waals surface area contributed by atoms with E-state index in [1.54, 1.807) is 10.7 Å². The number of nitrogens with one attached hydrogen (secondary N) is 1. The van der Waals surface area contributed by atoms with Crippen LogP contribution in [0.2, 0.25) is 0 Å². The summed E-state index contributed by atoms with van der Waals surface area (Å²) in [5, 5.41) is 7.21. The Labute approximate surface area is 129 Å². The fourth-order valence-corrected chi connectivity index (χ4v) is 2.51. The van der Waals surface area contributed by atoms with E-state index in [2.05, 4.69) is 15.4 Å². The lowest BCUT2D eigenvalue weighted by atomic mass is 10.1. The number of carbonyl (C=O) groups is 1. The van der Waals surface area contributed by atoms with Gasteiger partial charge in [0.05, 0.1) is 6.20 Å². The predicted octanol–water partition coefficient (Wildman–Crippen LogP) is 3.22. The van der Waals surface area contributed by atoms with Crippen LogP contribution in [0, 0.1) is 27.7 Å². The lowest BCUT2D eigenvalue weighted by molar-refractivity contribution is 0.102. The first-order valence-electron chi connectivity index (χ1n) is 7.17. The average molecular weight is 294 g/mol. The molecule has 0 bridgehead atoms. The molecule has 112 valence electrons. The van der Waals surface area contributed by atoms with Gasteiger partial charge in [0.15, 0.2) is 5.65 Å². The second kappa shape index (κ2) is 5.26. The molecule has 2 aromatic heterocycles. The highest BCUT2D eigenvalue weighted by Gasteiger charge is 2.16. The van der Waals surface area contributed by atoms with Crippen LogP contribution >= 0.6 is 0 Å². The molecule has 3 aromatic rings. The van der Waals surface area contributed by atoms with Crippen LogP contribution < -0.4 is 5.32 Å². The van der Waals surface area contributed by atoms with Gasteiger partial charge in [0, 0.05) is 17.1 Å². The predicted molar refractivity (Wildman–Crippen MR) is 86.3 cm³/mol. The lowest BCUT2D eigenvalue weighted by Crippen LogP contribution is -2.13. The summed E-state index contributed by atoms with van der Waals surface area (Å²) in [6.45, 7) is 7.87. The van der Waals surface area contributed by atoms with E-state index >= 15 is 0 Å². The fourth-order valence-electron chi connectivity index (χ4n) is 2.51. The van der Waals surface area contributed by atoms with Crippen molar-refractivity contribution in [2.24, 2.45) is 0 Å². The van der Waals surface area contributed by atoms with Gasteiger partial charge in [0.25, 0.3) is 5.91 Å². The molecule has 0 radical (unpaired) electrons. The highest BCUT2D eigenvalue weighted by molar-refractivity contribution is 6.08. The van der Waals surface area contributed by atoms with Crippen molar-refractivity contribution in [2.45, 2.75) is 27.7 Å². The third-order valence-electron chi connectivity index (χ3n) is 3.88. The van der Waals surface area contributed by atoms with Crippen molar-refractivity contribution in [1.29, 1.82) is 0 Å². The summed E-state index contributed by atoms with van der Waals surface area (Å²) in [5.74, 6) is -0.193. The van der Waals surface area contributed by atoms with Gasteiger partial charge in [-0.2, -0.15) is 5.10 Å². The van der Waals surface area contributed by atoms with E-state index in [4.69, 9.17) is 0 Å².